The van der Waals surface area contributed by atoms with E-state index in [0.29, 0.717) is 28.6 Å². The molecule has 2 rings (SSSR count). The molecule has 4 heteroatoms. The Hall–Kier alpha value is -1.09. The second-order valence-corrected chi connectivity index (χ2v) is 5.56. The highest BCUT2D eigenvalue weighted by atomic mass is 35.5. The summed E-state index contributed by atoms with van der Waals surface area (Å²) in [5, 5.41) is 4.40. The van der Waals surface area contributed by atoms with Crippen LogP contribution in [0.3, 0.4) is 0 Å². The van der Waals surface area contributed by atoms with Gasteiger partial charge in [-0.25, -0.2) is 4.39 Å². The van der Waals surface area contributed by atoms with Crippen LogP contribution in [0, 0.1) is 5.82 Å². The number of halogens is 3. The zero-order chi connectivity index (χ0) is 14.5. The summed E-state index contributed by atoms with van der Waals surface area (Å²) < 4.78 is 14.0. The molecule has 2 aromatic rings. The number of rotatable bonds is 5. The quantitative estimate of drug-likeness (QED) is 0.845. The van der Waals surface area contributed by atoms with Gasteiger partial charge in [-0.15, -0.1) is 0 Å². The molecule has 1 N–H and O–H groups in total. The largest absolute Gasteiger partial charge is 0.319 e. The summed E-state index contributed by atoms with van der Waals surface area (Å²) in [7, 11) is 1.85. The number of hydrogen-bond acceptors (Lipinski definition) is 1. The van der Waals surface area contributed by atoms with Gasteiger partial charge < -0.3 is 5.32 Å². The van der Waals surface area contributed by atoms with Gasteiger partial charge in [-0.2, -0.15) is 0 Å². The molecule has 0 radical (unpaired) electrons. The number of likely N-dealkylation sites (N-methyl/N-ethyl adjacent to an activating group) is 1. The summed E-state index contributed by atoms with van der Waals surface area (Å²) in [5.74, 6) is -0.178. The Labute approximate surface area is 128 Å². The molecule has 0 saturated heterocycles. The molecule has 1 nitrogen and oxygen atoms in total. The first-order valence-electron chi connectivity index (χ1n) is 6.44. The van der Waals surface area contributed by atoms with Crippen molar-refractivity contribution in [2.45, 2.75) is 12.3 Å². The molecular weight excluding hydrogens is 296 g/mol. The highest BCUT2D eigenvalue weighted by Gasteiger charge is 2.17. The average Bonchev–Trinajstić information content (AvgIpc) is 2.43. The van der Waals surface area contributed by atoms with Gasteiger partial charge in [0.2, 0.25) is 0 Å². The van der Waals surface area contributed by atoms with Crippen LogP contribution in [-0.2, 0) is 6.42 Å². The Balaban J connectivity index is 2.30. The third kappa shape index (κ3) is 3.72. The fourth-order valence-electron chi connectivity index (χ4n) is 2.31. The lowest BCUT2D eigenvalue weighted by atomic mass is 9.91. The SMILES string of the molecule is CNCC(Cc1cc(Cl)ccc1Cl)c1ccccc1F. The van der Waals surface area contributed by atoms with E-state index in [9.17, 15) is 4.39 Å². The molecule has 0 saturated carbocycles. The molecule has 2 aromatic carbocycles. The first-order valence-corrected chi connectivity index (χ1v) is 7.20. The molecule has 0 fully saturated rings. The molecule has 0 aliphatic carbocycles. The van der Waals surface area contributed by atoms with Gasteiger partial charge in [0.1, 0.15) is 5.82 Å². The highest BCUT2D eigenvalue weighted by molar-refractivity contribution is 6.33. The smallest absolute Gasteiger partial charge is 0.126 e. The predicted molar refractivity (Wildman–Crippen MR) is 83.2 cm³/mol. The first kappa shape index (κ1) is 15.3. The van der Waals surface area contributed by atoms with E-state index >= 15 is 0 Å². The highest BCUT2D eigenvalue weighted by Crippen LogP contribution is 2.28. The van der Waals surface area contributed by atoms with Crippen molar-refractivity contribution in [3.8, 4) is 0 Å². The third-order valence-electron chi connectivity index (χ3n) is 3.27. The van der Waals surface area contributed by atoms with E-state index in [-0.39, 0.29) is 11.7 Å². The van der Waals surface area contributed by atoms with E-state index in [0.717, 1.165) is 5.56 Å². The van der Waals surface area contributed by atoms with Gasteiger partial charge in [-0.1, -0.05) is 41.4 Å². The minimum absolute atomic E-state index is 0.0113. The summed E-state index contributed by atoms with van der Waals surface area (Å²) >= 11 is 12.2. The molecule has 0 aliphatic heterocycles. The maximum atomic E-state index is 14.0. The lowest BCUT2D eigenvalue weighted by Crippen LogP contribution is -2.20. The van der Waals surface area contributed by atoms with Crippen LogP contribution in [-0.4, -0.2) is 13.6 Å². The Morgan fingerprint density at radius 2 is 1.90 bits per heavy atom. The van der Waals surface area contributed by atoms with E-state index in [4.69, 9.17) is 23.2 Å². The zero-order valence-electron chi connectivity index (χ0n) is 11.2. The van der Waals surface area contributed by atoms with E-state index in [1.54, 1.807) is 18.2 Å². The third-order valence-corrected chi connectivity index (χ3v) is 3.87. The van der Waals surface area contributed by atoms with Crippen LogP contribution in [0.2, 0.25) is 10.0 Å². The summed E-state index contributed by atoms with van der Waals surface area (Å²) in [6.07, 6.45) is 0.640. The average molecular weight is 312 g/mol. The molecule has 20 heavy (non-hydrogen) atoms. The van der Waals surface area contributed by atoms with E-state index < -0.39 is 0 Å². The minimum atomic E-state index is -0.189. The zero-order valence-corrected chi connectivity index (χ0v) is 12.7. The molecule has 0 amide bonds. The van der Waals surface area contributed by atoms with Gasteiger partial charge in [-0.3, -0.25) is 0 Å². The first-order chi connectivity index (χ1) is 9.61. The van der Waals surface area contributed by atoms with Gasteiger partial charge in [0, 0.05) is 22.5 Å². The van der Waals surface area contributed by atoms with Crippen LogP contribution in [0.4, 0.5) is 4.39 Å². The van der Waals surface area contributed by atoms with E-state index in [1.165, 1.54) is 6.07 Å². The topological polar surface area (TPSA) is 12.0 Å². The van der Waals surface area contributed by atoms with Gasteiger partial charge in [-0.05, 0) is 48.9 Å². The van der Waals surface area contributed by atoms with Crippen molar-refractivity contribution in [2.24, 2.45) is 0 Å². The van der Waals surface area contributed by atoms with Crippen molar-refractivity contribution in [1.82, 2.24) is 5.32 Å². The Morgan fingerprint density at radius 3 is 2.60 bits per heavy atom. The summed E-state index contributed by atoms with van der Waals surface area (Å²) in [6, 6.07) is 12.2. The molecule has 0 aromatic heterocycles. The molecular formula is C16H16Cl2FN. The molecule has 0 aliphatic rings. The maximum absolute atomic E-state index is 14.0. The van der Waals surface area contributed by atoms with Gasteiger partial charge in [0.05, 0.1) is 0 Å². The summed E-state index contributed by atoms with van der Waals surface area (Å²) in [5.41, 5.74) is 1.63. The fourth-order valence-corrected chi connectivity index (χ4v) is 2.70. The lowest BCUT2D eigenvalue weighted by Gasteiger charge is -2.18. The Bertz CT molecular complexity index is 586. The molecule has 0 bridgehead atoms. The van der Waals surface area contributed by atoms with Crippen molar-refractivity contribution in [2.75, 3.05) is 13.6 Å². The predicted octanol–water partition coefficient (Wildman–Crippen LogP) is 4.68. The number of hydrogen-bond donors (Lipinski definition) is 1. The summed E-state index contributed by atoms with van der Waals surface area (Å²) in [4.78, 5) is 0. The van der Waals surface area contributed by atoms with Crippen molar-refractivity contribution >= 4 is 23.2 Å². The van der Waals surface area contributed by atoms with Crippen molar-refractivity contribution in [3.05, 3.63) is 69.5 Å². The normalized spacial score (nSPS) is 12.4. The maximum Gasteiger partial charge on any atom is 0.126 e. The number of nitrogens with one attached hydrogen (secondary N) is 1. The van der Waals surface area contributed by atoms with E-state index in [1.807, 2.05) is 25.2 Å². The van der Waals surface area contributed by atoms with Crippen LogP contribution in [0.15, 0.2) is 42.5 Å². The van der Waals surface area contributed by atoms with Crippen molar-refractivity contribution in [1.29, 1.82) is 0 Å². The van der Waals surface area contributed by atoms with Crippen LogP contribution in [0.5, 0.6) is 0 Å². The second kappa shape index (κ2) is 7.07. The molecule has 0 heterocycles. The van der Waals surface area contributed by atoms with Gasteiger partial charge >= 0.3 is 0 Å². The van der Waals surface area contributed by atoms with Crippen LogP contribution >= 0.6 is 23.2 Å². The van der Waals surface area contributed by atoms with Crippen molar-refractivity contribution < 1.29 is 4.39 Å². The summed E-state index contributed by atoms with van der Waals surface area (Å²) in [6.45, 7) is 0.670. The molecule has 1 unspecified atom stereocenters. The Kier molecular flexibility index (Phi) is 5.41. The standard InChI is InChI=1S/C16H16Cl2FN/c1-20-10-12(14-4-2-3-5-16(14)19)8-11-9-13(17)6-7-15(11)18/h2-7,9,12,20H,8,10H2,1H3. The van der Waals surface area contributed by atoms with Gasteiger partial charge in [0.15, 0.2) is 0 Å². The minimum Gasteiger partial charge on any atom is -0.319 e. The van der Waals surface area contributed by atoms with Crippen LogP contribution in [0.25, 0.3) is 0 Å². The second-order valence-electron chi connectivity index (χ2n) is 4.72. The van der Waals surface area contributed by atoms with Crippen LogP contribution < -0.4 is 5.32 Å². The monoisotopic (exact) mass is 311 g/mol. The lowest BCUT2D eigenvalue weighted by molar-refractivity contribution is 0.556. The van der Waals surface area contributed by atoms with Crippen molar-refractivity contribution in [3.63, 3.8) is 0 Å². The fraction of sp³-hybridized carbons (Fsp3) is 0.250. The van der Waals surface area contributed by atoms with Crippen LogP contribution in [0.1, 0.15) is 17.0 Å². The Morgan fingerprint density at radius 1 is 1.15 bits per heavy atom. The molecule has 1 atom stereocenters. The van der Waals surface area contributed by atoms with Gasteiger partial charge in [0.25, 0.3) is 0 Å². The van der Waals surface area contributed by atoms with E-state index in [2.05, 4.69) is 5.32 Å². The molecule has 0 spiro atoms. The molecule has 106 valence electrons. The number of benzene rings is 2.